The van der Waals surface area contributed by atoms with Gasteiger partial charge in [0.2, 0.25) is 0 Å². The van der Waals surface area contributed by atoms with Crippen LogP contribution in [-0.2, 0) is 14.3 Å². The highest BCUT2D eigenvalue weighted by molar-refractivity contribution is 5.96. The van der Waals surface area contributed by atoms with Gasteiger partial charge in [0.15, 0.2) is 6.10 Å². The van der Waals surface area contributed by atoms with Gasteiger partial charge in [0.1, 0.15) is 5.82 Å². The Hall–Kier alpha value is -2.95. The fourth-order valence-corrected chi connectivity index (χ4v) is 1.89. The molecule has 0 aliphatic carbocycles. The zero-order valence-corrected chi connectivity index (χ0v) is 13.5. The molecule has 24 heavy (non-hydrogen) atoms. The Morgan fingerprint density at radius 2 is 1.71 bits per heavy atom. The highest BCUT2D eigenvalue weighted by Crippen LogP contribution is 2.10. The summed E-state index contributed by atoms with van der Waals surface area (Å²) in [6.07, 6.45) is 1.76. The van der Waals surface area contributed by atoms with Gasteiger partial charge in [-0.15, -0.1) is 0 Å². The van der Waals surface area contributed by atoms with Gasteiger partial charge in [-0.25, -0.2) is 9.18 Å². The minimum atomic E-state index is -0.934. The number of carbonyl (C=O) groups is 2. The molecule has 5 heteroatoms. The van der Waals surface area contributed by atoms with Crippen LogP contribution in [0.4, 0.5) is 10.1 Å². The summed E-state index contributed by atoms with van der Waals surface area (Å²) in [4.78, 5) is 23.7. The molecule has 0 saturated heterocycles. The second-order valence-electron chi connectivity index (χ2n) is 5.32. The summed E-state index contributed by atoms with van der Waals surface area (Å²) in [5.74, 6) is -1.41. The van der Waals surface area contributed by atoms with Crippen LogP contribution in [-0.4, -0.2) is 18.0 Å². The maximum Gasteiger partial charge on any atom is 0.331 e. The predicted molar refractivity (Wildman–Crippen MR) is 90.8 cm³/mol. The third-order valence-electron chi connectivity index (χ3n) is 3.26. The lowest BCUT2D eigenvalue weighted by molar-refractivity contribution is -0.148. The lowest BCUT2D eigenvalue weighted by Gasteiger charge is -2.12. The molecule has 0 heterocycles. The number of ether oxygens (including phenoxy) is 1. The van der Waals surface area contributed by atoms with E-state index in [9.17, 15) is 14.0 Å². The molecule has 0 unspecified atom stereocenters. The van der Waals surface area contributed by atoms with Crippen LogP contribution in [0.15, 0.2) is 54.6 Å². The summed E-state index contributed by atoms with van der Waals surface area (Å²) < 4.78 is 17.8. The molecule has 0 aromatic heterocycles. The number of amides is 1. The summed E-state index contributed by atoms with van der Waals surface area (Å²) >= 11 is 0. The number of nitrogens with one attached hydrogen (secondary N) is 1. The second-order valence-corrected chi connectivity index (χ2v) is 5.32. The molecule has 0 aliphatic rings. The fraction of sp³-hybridized carbons (Fsp3) is 0.158. The Morgan fingerprint density at radius 3 is 2.33 bits per heavy atom. The van der Waals surface area contributed by atoms with Crippen molar-refractivity contribution < 1.29 is 18.7 Å². The third-order valence-corrected chi connectivity index (χ3v) is 3.26. The van der Waals surface area contributed by atoms with Crippen LogP contribution in [0, 0.1) is 12.7 Å². The van der Waals surface area contributed by atoms with Crippen LogP contribution in [0.2, 0.25) is 0 Å². The maximum atomic E-state index is 12.8. The molecule has 1 atom stereocenters. The molecule has 0 saturated carbocycles. The first-order valence-corrected chi connectivity index (χ1v) is 7.46. The number of aryl methyl sites for hydroxylation is 1. The van der Waals surface area contributed by atoms with E-state index < -0.39 is 18.0 Å². The van der Waals surface area contributed by atoms with Crippen LogP contribution in [0.5, 0.6) is 0 Å². The summed E-state index contributed by atoms with van der Waals surface area (Å²) in [6, 6.07) is 13.0. The SMILES string of the molecule is Cc1ccc(NC(=O)[C@H](C)OC(=O)/C=C/c2ccc(F)cc2)cc1. The van der Waals surface area contributed by atoms with E-state index >= 15 is 0 Å². The highest BCUT2D eigenvalue weighted by atomic mass is 19.1. The lowest BCUT2D eigenvalue weighted by atomic mass is 10.2. The van der Waals surface area contributed by atoms with E-state index in [1.54, 1.807) is 12.1 Å². The topological polar surface area (TPSA) is 55.4 Å². The van der Waals surface area contributed by atoms with Crippen molar-refractivity contribution in [3.05, 3.63) is 71.6 Å². The first kappa shape index (κ1) is 17.4. The van der Waals surface area contributed by atoms with Gasteiger partial charge in [0, 0.05) is 11.8 Å². The average molecular weight is 327 g/mol. The quantitative estimate of drug-likeness (QED) is 0.673. The molecule has 124 valence electrons. The van der Waals surface area contributed by atoms with Crippen LogP contribution < -0.4 is 5.32 Å². The van der Waals surface area contributed by atoms with E-state index in [4.69, 9.17) is 4.74 Å². The van der Waals surface area contributed by atoms with Gasteiger partial charge >= 0.3 is 5.97 Å². The van der Waals surface area contributed by atoms with Crippen LogP contribution in [0.3, 0.4) is 0 Å². The molecule has 4 nitrogen and oxygen atoms in total. The number of hydrogen-bond donors (Lipinski definition) is 1. The van der Waals surface area contributed by atoms with E-state index in [0.29, 0.717) is 11.3 Å². The molecule has 2 aromatic rings. The molecule has 2 aromatic carbocycles. The molecule has 1 amide bonds. The number of rotatable bonds is 5. The summed E-state index contributed by atoms with van der Waals surface area (Å²) in [5.41, 5.74) is 2.37. The first-order chi connectivity index (χ1) is 11.4. The van der Waals surface area contributed by atoms with Crippen LogP contribution in [0.25, 0.3) is 6.08 Å². The molecule has 0 bridgehead atoms. The maximum absolute atomic E-state index is 12.8. The average Bonchev–Trinajstić information content (AvgIpc) is 2.56. The monoisotopic (exact) mass is 327 g/mol. The van der Waals surface area contributed by atoms with Crippen molar-refractivity contribution in [2.75, 3.05) is 5.32 Å². The van der Waals surface area contributed by atoms with E-state index in [1.807, 2.05) is 19.1 Å². The highest BCUT2D eigenvalue weighted by Gasteiger charge is 2.16. The molecule has 0 spiro atoms. The zero-order valence-electron chi connectivity index (χ0n) is 13.5. The second kappa shape index (κ2) is 8.06. The van der Waals surface area contributed by atoms with Gasteiger partial charge < -0.3 is 10.1 Å². The van der Waals surface area contributed by atoms with E-state index in [1.165, 1.54) is 43.3 Å². The number of hydrogen-bond acceptors (Lipinski definition) is 3. The predicted octanol–water partition coefficient (Wildman–Crippen LogP) is 3.72. The summed E-state index contributed by atoms with van der Waals surface area (Å²) in [5, 5.41) is 2.67. The van der Waals surface area contributed by atoms with E-state index in [0.717, 1.165) is 5.56 Å². The molecule has 0 aliphatic heterocycles. The largest absolute Gasteiger partial charge is 0.449 e. The molecular formula is C19H18FNO3. The van der Waals surface area contributed by atoms with E-state index in [2.05, 4.69) is 5.32 Å². The van der Waals surface area contributed by atoms with Crippen molar-refractivity contribution in [2.24, 2.45) is 0 Å². The minimum Gasteiger partial charge on any atom is -0.449 e. The Kier molecular flexibility index (Phi) is 5.84. The van der Waals surface area contributed by atoms with Gasteiger partial charge in [0.25, 0.3) is 5.91 Å². The smallest absolute Gasteiger partial charge is 0.331 e. The van der Waals surface area contributed by atoms with E-state index in [-0.39, 0.29) is 5.82 Å². The van der Waals surface area contributed by atoms with Gasteiger partial charge in [-0.05, 0) is 49.8 Å². The number of carbonyl (C=O) groups excluding carboxylic acids is 2. The van der Waals surface area contributed by atoms with Gasteiger partial charge in [-0.1, -0.05) is 29.8 Å². The van der Waals surface area contributed by atoms with Crippen molar-refractivity contribution in [3.63, 3.8) is 0 Å². The molecular weight excluding hydrogens is 309 g/mol. The van der Waals surface area contributed by atoms with Gasteiger partial charge in [-0.2, -0.15) is 0 Å². The van der Waals surface area contributed by atoms with Crippen molar-refractivity contribution in [3.8, 4) is 0 Å². The lowest BCUT2D eigenvalue weighted by Crippen LogP contribution is -2.29. The van der Waals surface area contributed by atoms with Gasteiger partial charge in [-0.3, -0.25) is 4.79 Å². The number of halogens is 1. The molecule has 0 radical (unpaired) electrons. The Labute approximate surface area is 140 Å². The van der Waals surface area contributed by atoms with Crippen LogP contribution >= 0.6 is 0 Å². The Bertz CT molecular complexity index is 736. The van der Waals surface area contributed by atoms with Crippen molar-refractivity contribution >= 4 is 23.6 Å². The van der Waals surface area contributed by atoms with Gasteiger partial charge in [0.05, 0.1) is 0 Å². The number of esters is 1. The zero-order chi connectivity index (χ0) is 17.5. The summed E-state index contributed by atoms with van der Waals surface area (Å²) in [7, 11) is 0. The normalized spacial score (nSPS) is 12.0. The first-order valence-electron chi connectivity index (χ1n) is 7.46. The Balaban J connectivity index is 1.87. The molecule has 2 rings (SSSR count). The molecule has 1 N–H and O–H groups in total. The fourth-order valence-electron chi connectivity index (χ4n) is 1.89. The summed E-state index contributed by atoms with van der Waals surface area (Å²) in [6.45, 7) is 3.44. The molecule has 0 fully saturated rings. The Morgan fingerprint density at radius 1 is 1.08 bits per heavy atom. The number of anilines is 1. The number of benzene rings is 2. The standard InChI is InChI=1S/C19H18FNO3/c1-13-3-10-17(11-4-13)21-19(23)14(2)24-18(22)12-7-15-5-8-16(20)9-6-15/h3-12,14H,1-2H3,(H,21,23)/b12-7+/t14-/m0/s1. The third kappa shape index (κ3) is 5.35. The van der Waals surface area contributed by atoms with Crippen LogP contribution in [0.1, 0.15) is 18.1 Å². The van der Waals surface area contributed by atoms with Crippen molar-refractivity contribution in [1.82, 2.24) is 0 Å². The van der Waals surface area contributed by atoms with Crippen molar-refractivity contribution in [2.45, 2.75) is 20.0 Å². The van der Waals surface area contributed by atoms with Crippen molar-refractivity contribution in [1.29, 1.82) is 0 Å². The minimum absolute atomic E-state index is 0.351.